The van der Waals surface area contributed by atoms with E-state index in [2.05, 4.69) is 11.8 Å². The highest BCUT2D eigenvalue weighted by Gasteiger charge is 2.30. The molecule has 2 rings (SSSR count). The minimum atomic E-state index is 0.518. The van der Waals surface area contributed by atoms with Crippen molar-refractivity contribution >= 4 is 11.8 Å². The summed E-state index contributed by atoms with van der Waals surface area (Å²) in [7, 11) is 0. The van der Waals surface area contributed by atoms with Gasteiger partial charge in [0.15, 0.2) is 0 Å². The van der Waals surface area contributed by atoms with E-state index >= 15 is 0 Å². The molecular weight excluding hydrogens is 178 g/mol. The van der Waals surface area contributed by atoms with Crippen molar-refractivity contribution < 1.29 is 0 Å². The Bertz CT molecular complexity index is 154. The van der Waals surface area contributed by atoms with Crippen molar-refractivity contribution in [2.75, 3.05) is 11.5 Å². The summed E-state index contributed by atoms with van der Waals surface area (Å²) in [5.41, 5.74) is 6.20. The Morgan fingerprint density at radius 1 is 1.00 bits per heavy atom. The fraction of sp³-hybridized carbons (Fsp3) is 1.00. The Morgan fingerprint density at radius 3 is 2.46 bits per heavy atom. The van der Waals surface area contributed by atoms with E-state index in [4.69, 9.17) is 5.73 Å². The van der Waals surface area contributed by atoms with E-state index in [9.17, 15) is 0 Å². The van der Waals surface area contributed by atoms with E-state index in [1.54, 1.807) is 0 Å². The molecule has 1 heterocycles. The zero-order valence-corrected chi connectivity index (χ0v) is 9.19. The molecule has 1 saturated carbocycles. The molecule has 0 aromatic rings. The van der Waals surface area contributed by atoms with Crippen LogP contribution >= 0.6 is 11.8 Å². The van der Waals surface area contributed by atoms with E-state index in [0.717, 1.165) is 11.8 Å². The Morgan fingerprint density at radius 2 is 1.77 bits per heavy atom. The number of thioether (sulfide) groups is 1. The summed E-state index contributed by atoms with van der Waals surface area (Å²) in [5, 5.41) is 0. The molecule has 2 atom stereocenters. The lowest BCUT2D eigenvalue weighted by Crippen LogP contribution is -2.40. The topological polar surface area (TPSA) is 26.0 Å². The molecule has 2 aliphatic rings. The van der Waals surface area contributed by atoms with Crippen molar-refractivity contribution in [1.29, 1.82) is 0 Å². The van der Waals surface area contributed by atoms with Crippen LogP contribution in [-0.2, 0) is 0 Å². The fourth-order valence-corrected chi connectivity index (χ4v) is 4.22. The molecule has 76 valence electrons. The molecule has 1 nitrogen and oxygen atoms in total. The van der Waals surface area contributed by atoms with Gasteiger partial charge >= 0.3 is 0 Å². The van der Waals surface area contributed by atoms with Gasteiger partial charge < -0.3 is 5.73 Å². The highest BCUT2D eigenvalue weighted by molar-refractivity contribution is 7.99. The van der Waals surface area contributed by atoms with E-state index in [0.29, 0.717) is 6.04 Å². The largest absolute Gasteiger partial charge is 0.327 e. The minimum Gasteiger partial charge on any atom is -0.327 e. The molecule has 0 aromatic heterocycles. The van der Waals surface area contributed by atoms with E-state index in [1.807, 2.05) is 0 Å². The summed E-state index contributed by atoms with van der Waals surface area (Å²) < 4.78 is 0. The van der Waals surface area contributed by atoms with E-state index in [-0.39, 0.29) is 0 Å². The average molecular weight is 199 g/mol. The molecule has 0 radical (unpaired) electrons. The van der Waals surface area contributed by atoms with Crippen LogP contribution < -0.4 is 5.73 Å². The molecule has 0 aromatic carbocycles. The SMILES string of the molecule is NC1CCSCC1C1CCCCC1. The Hall–Kier alpha value is 0.310. The third-order valence-corrected chi connectivity index (χ3v) is 4.86. The summed E-state index contributed by atoms with van der Waals surface area (Å²) in [6, 6.07) is 0.518. The van der Waals surface area contributed by atoms with Crippen LogP contribution in [0.4, 0.5) is 0 Å². The molecule has 2 fully saturated rings. The van der Waals surface area contributed by atoms with Crippen molar-refractivity contribution in [2.45, 2.75) is 44.6 Å². The number of hydrogen-bond acceptors (Lipinski definition) is 2. The standard InChI is InChI=1S/C11H21NS/c12-11-6-7-13-8-10(11)9-4-2-1-3-5-9/h9-11H,1-8,12H2. The predicted octanol–water partition coefficient (Wildman–Crippen LogP) is 2.65. The Labute approximate surface area is 85.8 Å². The van der Waals surface area contributed by atoms with Crippen LogP contribution in [0.1, 0.15) is 38.5 Å². The second-order valence-electron chi connectivity index (χ2n) is 4.59. The van der Waals surface area contributed by atoms with Gasteiger partial charge in [-0.2, -0.15) is 11.8 Å². The third kappa shape index (κ3) is 2.41. The van der Waals surface area contributed by atoms with Gasteiger partial charge in [0.1, 0.15) is 0 Å². The zero-order valence-electron chi connectivity index (χ0n) is 8.37. The summed E-state index contributed by atoms with van der Waals surface area (Å²) in [6.45, 7) is 0. The van der Waals surface area contributed by atoms with Gasteiger partial charge in [-0.1, -0.05) is 32.1 Å². The summed E-state index contributed by atoms with van der Waals surface area (Å²) >= 11 is 2.12. The molecule has 13 heavy (non-hydrogen) atoms. The smallest absolute Gasteiger partial charge is 0.00855 e. The van der Waals surface area contributed by atoms with Crippen LogP contribution in [0.25, 0.3) is 0 Å². The zero-order chi connectivity index (χ0) is 9.10. The molecule has 0 bridgehead atoms. The first-order valence-corrected chi connectivity index (χ1v) is 6.87. The monoisotopic (exact) mass is 199 g/mol. The summed E-state index contributed by atoms with van der Waals surface area (Å²) in [5.74, 6) is 4.45. The molecule has 0 spiro atoms. The predicted molar refractivity (Wildman–Crippen MR) is 60.0 cm³/mol. The average Bonchev–Trinajstić information content (AvgIpc) is 2.20. The second-order valence-corrected chi connectivity index (χ2v) is 5.74. The van der Waals surface area contributed by atoms with Gasteiger partial charge in [0, 0.05) is 6.04 Å². The third-order valence-electron chi connectivity index (χ3n) is 3.71. The number of nitrogens with two attached hydrogens (primary N) is 1. The summed E-state index contributed by atoms with van der Waals surface area (Å²) in [6.07, 6.45) is 8.55. The van der Waals surface area contributed by atoms with Gasteiger partial charge in [0.2, 0.25) is 0 Å². The maximum absolute atomic E-state index is 6.20. The Kier molecular flexibility index (Phi) is 3.56. The Balaban J connectivity index is 1.88. The molecular formula is C11H21NS. The summed E-state index contributed by atoms with van der Waals surface area (Å²) in [4.78, 5) is 0. The molecule has 2 heteroatoms. The van der Waals surface area contributed by atoms with Gasteiger partial charge in [0.25, 0.3) is 0 Å². The van der Waals surface area contributed by atoms with Gasteiger partial charge in [0.05, 0.1) is 0 Å². The first-order chi connectivity index (χ1) is 6.38. The molecule has 1 aliphatic heterocycles. The van der Waals surface area contributed by atoms with E-state index in [1.165, 1.54) is 50.0 Å². The van der Waals surface area contributed by atoms with Crippen LogP contribution in [0.2, 0.25) is 0 Å². The van der Waals surface area contributed by atoms with Crippen LogP contribution in [-0.4, -0.2) is 17.5 Å². The highest BCUT2D eigenvalue weighted by Crippen LogP contribution is 2.36. The second kappa shape index (κ2) is 4.70. The van der Waals surface area contributed by atoms with Crippen LogP contribution in [0.3, 0.4) is 0 Å². The van der Waals surface area contributed by atoms with Crippen molar-refractivity contribution in [3.63, 3.8) is 0 Å². The van der Waals surface area contributed by atoms with Gasteiger partial charge in [-0.25, -0.2) is 0 Å². The van der Waals surface area contributed by atoms with Crippen molar-refractivity contribution in [3.8, 4) is 0 Å². The highest BCUT2D eigenvalue weighted by atomic mass is 32.2. The molecule has 2 N–H and O–H groups in total. The molecule has 0 amide bonds. The minimum absolute atomic E-state index is 0.518. The first-order valence-electron chi connectivity index (χ1n) is 5.71. The maximum atomic E-state index is 6.20. The lowest BCUT2D eigenvalue weighted by molar-refractivity contribution is 0.230. The van der Waals surface area contributed by atoms with Crippen LogP contribution in [0, 0.1) is 11.8 Å². The van der Waals surface area contributed by atoms with E-state index < -0.39 is 0 Å². The van der Waals surface area contributed by atoms with Crippen LogP contribution in [0.15, 0.2) is 0 Å². The van der Waals surface area contributed by atoms with Gasteiger partial charge in [-0.15, -0.1) is 0 Å². The van der Waals surface area contributed by atoms with Crippen molar-refractivity contribution in [1.82, 2.24) is 0 Å². The maximum Gasteiger partial charge on any atom is 0.00855 e. The number of hydrogen-bond donors (Lipinski definition) is 1. The first kappa shape index (κ1) is 9.85. The fourth-order valence-electron chi connectivity index (χ4n) is 2.82. The van der Waals surface area contributed by atoms with Crippen molar-refractivity contribution in [2.24, 2.45) is 17.6 Å². The molecule has 2 unspecified atom stereocenters. The number of rotatable bonds is 1. The quantitative estimate of drug-likeness (QED) is 0.702. The van der Waals surface area contributed by atoms with Crippen molar-refractivity contribution in [3.05, 3.63) is 0 Å². The lowest BCUT2D eigenvalue weighted by Gasteiger charge is -2.36. The van der Waals surface area contributed by atoms with Gasteiger partial charge in [-0.3, -0.25) is 0 Å². The lowest BCUT2D eigenvalue weighted by atomic mass is 9.77. The van der Waals surface area contributed by atoms with Crippen LogP contribution in [0.5, 0.6) is 0 Å². The normalized spacial score (nSPS) is 37.6. The van der Waals surface area contributed by atoms with Gasteiger partial charge in [-0.05, 0) is 29.8 Å². The molecule has 1 aliphatic carbocycles. The molecule has 1 saturated heterocycles.